The lowest BCUT2D eigenvalue weighted by atomic mass is 9.99. The van der Waals surface area contributed by atoms with Crippen molar-refractivity contribution in [2.45, 2.75) is 0 Å². The quantitative estimate of drug-likeness (QED) is 0.493. The molecule has 2 aromatic carbocycles. The van der Waals surface area contributed by atoms with Crippen LogP contribution in [0.25, 0.3) is 22.2 Å². The van der Waals surface area contributed by atoms with Crippen molar-refractivity contribution in [2.75, 3.05) is 5.32 Å². The molecule has 3 heteroatoms. The molecule has 0 saturated carbocycles. The predicted octanol–water partition coefficient (Wildman–Crippen LogP) is 3.35. The predicted molar refractivity (Wildman–Crippen MR) is 68.3 cm³/mol. The van der Waals surface area contributed by atoms with Crippen molar-refractivity contribution in [1.82, 2.24) is 9.97 Å². The Kier molecular flexibility index (Phi) is 1.56. The minimum Gasteiger partial charge on any atom is -0.354 e. The minimum atomic E-state index is 0.981. The lowest BCUT2D eigenvalue weighted by molar-refractivity contribution is 1.22. The number of aromatic nitrogens is 2. The molecule has 80 valence electrons. The van der Waals surface area contributed by atoms with Gasteiger partial charge in [0.25, 0.3) is 0 Å². The molecule has 0 saturated heterocycles. The van der Waals surface area contributed by atoms with Crippen molar-refractivity contribution in [3.8, 4) is 11.3 Å². The van der Waals surface area contributed by atoms with Gasteiger partial charge in [0.15, 0.2) is 0 Å². The fourth-order valence-electron chi connectivity index (χ4n) is 2.36. The molecule has 0 amide bonds. The number of hydrogen-bond donors (Lipinski definition) is 1. The Morgan fingerprint density at radius 3 is 2.71 bits per heavy atom. The number of hydrogen-bond acceptors (Lipinski definition) is 3. The van der Waals surface area contributed by atoms with Crippen LogP contribution in [0.2, 0.25) is 0 Å². The molecule has 3 aromatic rings. The van der Waals surface area contributed by atoms with Crippen LogP contribution in [0.4, 0.5) is 11.4 Å². The van der Waals surface area contributed by atoms with Gasteiger partial charge in [0.1, 0.15) is 6.33 Å². The zero-order valence-corrected chi connectivity index (χ0v) is 9.01. The molecule has 0 unspecified atom stereocenters. The highest BCUT2D eigenvalue weighted by Crippen LogP contribution is 2.41. The summed E-state index contributed by atoms with van der Waals surface area (Å²) in [7, 11) is 0. The van der Waals surface area contributed by atoms with Crippen LogP contribution in [0.15, 0.2) is 48.8 Å². The lowest BCUT2D eigenvalue weighted by Gasteiger charge is -2.20. The summed E-state index contributed by atoms with van der Waals surface area (Å²) in [5.41, 5.74) is 5.32. The van der Waals surface area contributed by atoms with E-state index in [0.717, 1.165) is 33.5 Å². The second-order valence-corrected chi connectivity index (χ2v) is 4.09. The van der Waals surface area contributed by atoms with E-state index in [1.807, 2.05) is 24.3 Å². The molecular weight excluding hydrogens is 210 g/mol. The summed E-state index contributed by atoms with van der Waals surface area (Å²) in [6.07, 6.45) is 1.63. The molecular formula is C14H9N3. The topological polar surface area (TPSA) is 37.8 Å². The van der Waals surface area contributed by atoms with Gasteiger partial charge in [-0.2, -0.15) is 0 Å². The Balaban J connectivity index is 2.22. The standard InChI is InChI=1S/C14H9N3/c1-2-5-10-9(4-1)14-13-11(15-8-16-14)6-3-7-12(13)17-10/h1-8,17H. The molecule has 0 aliphatic carbocycles. The molecule has 17 heavy (non-hydrogen) atoms. The van der Waals surface area contributed by atoms with Crippen LogP contribution in [0.5, 0.6) is 0 Å². The molecule has 1 aromatic heterocycles. The van der Waals surface area contributed by atoms with E-state index in [0.29, 0.717) is 0 Å². The van der Waals surface area contributed by atoms with Crippen LogP contribution in [0.1, 0.15) is 0 Å². The highest BCUT2D eigenvalue weighted by Gasteiger charge is 2.18. The molecule has 1 aliphatic heterocycles. The van der Waals surface area contributed by atoms with Crippen LogP contribution in [-0.4, -0.2) is 9.97 Å². The molecule has 0 fully saturated rings. The normalized spacial score (nSPS) is 12.0. The first-order valence-corrected chi connectivity index (χ1v) is 5.53. The van der Waals surface area contributed by atoms with Crippen molar-refractivity contribution >= 4 is 22.3 Å². The second-order valence-electron chi connectivity index (χ2n) is 4.09. The maximum absolute atomic E-state index is 4.43. The van der Waals surface area contributed by atoms with Crippen LogP contribution in [0, 0.1) is 0 Å². The van der Waals surface area contributed by atoms with Gasteiger partial charge in [-0.1, -0.05) is 24.3 Å². The number of nitrogens with one attached hydrogen (secondary N) is 1. The molecule has 1 aliphatic rings. The number of rotatable bonds is 0. The second kappa shape index (κ2) is 3.04. The van der Waals surface area contributed by atoms with Gasteiger partial charge in [-0.05, 0) is 18.2 Å². The number of para-hydroxylation sites is 1. The van der Waals surface area contributed by atoms with Crippen molar-refractivity contribution in [1.29, 1.82) is 0 Å². The Bertz CT molecular complexity index is 729. The van der Waals surface area contributed by atoms with E-state index in [-0.39, 0.29) is 0 Å². The average Bonchev–Trinajstić information content (AvgIpc) is 2.39. The Hall–Kier alpha value is -2.42. The highest BCUT2D eigenvalue weighted by atomic mass is 14.9. The molecule has 4 rings (SSSR count). The van der Waals surface area contributed by atoms with Gasteiger partial charge in [0.2, 0.25) is 0 Å². The molecule has 2 heterocycles. The van der Waals surface area contributed by atoms with Crippen molar-refractivity contribution < 1.29 is 0 Å². The first-order chi connectivity index (χ1) is 8.43. The van der Waals surface area contributed by atoms with Gasteiger partial charge in [-0.25, -0.2) is 9.97 Å². The summed E-state index contributed by atoms with van der Waals surface area (Å²) in [5.74, 6) is 0. The molecule has 0 atom stereocenters. The van der Waals surface area contributed by atoms with E-state index < -0.39 is 0 Å². The Morgan fingerprint density at radius 1 is 0.824 bits per heavy atom. The highest BCUT2D eigenvalue weighted by molar-refractivity contribution is 6.08. The van der Waals surface area contributed by atoms with Crippen molar-refractivity contribution in [2.24, 2.45) is 0 Å². The van der Waals surface area contributed by atoms with Gasteiger partial charge in [0.05, 0.1) is 22.3 Å². The first kappa shape index (κ1) is 8.70. The molecule has 3 nitrogen and oxygen atoms in total. The van der Waals surface area contributed by atoms with Gasteiger partial charge in [0, 0.05) is 11.3 Å². The van der Waals surface area contributed by atoms with Crippen LogP contribution >= 0.6 is 0 Å². The van der Waals surface area contributed by atoms with E-state index in [1.54, 1.807) is 6.33 Å². The fraction of sp³-hybridized carbons (Fsp3) is 0. The number of benzene rings is 2. The fourth-order valence-corrected chi connectivity index (χ4v) is 2.36. The third kappa shape index (κ3) is 1.11. The molecule has 0 bridgehead atoms. The Labute approximate surface area is 98.2 Å². The summed E-state index contributed by atoms with van der Waals surface area (Å²) < 4.78 is 0. The average molecular weight is 219 g/mol. The van der Waals surface area contributed by atoms with Crippen LogP contribution in [0.3, 0.4) is 0 Å². The minimum absolute atomic E-state index is 0.981. The third-order valence-corrected chi connectivity index (χ3v) is 3.11. The Morgan fingerprint density at radius 2 is 1.71 bits per heavy atom. The number of fused-ring (bicyclic) bond motifs is 2. The van der Waals surface area contributed by atoms with Crippen LogP contribution < -0.4 is 5.32 Å². The molecule has 1 N–H and O–H groups in total. The SMILES string of the molecule is c1ccc2c(c1)Nc1cccc3ncnc-2c13. The van der Waals surface area contributed by atoms with Gasteiger partial charge in [-0.15, -0.1) is 0 Å². The van der Waals surface area contributed by atoms with Gasteiger partial charge < -0.3 is 5.32 Å². The summed E-state index contributed by atoms with van der Waals surface area (Å²) in [4.78, 5) is 8.73. The molecule has 0 spiro atoms. The first-order valence-electron chi connectivity index (χ1n) is 5.53. The van der Waals surface area contributed by atoms with E-state index in [1.165, 1.54) is 0 Å². The zero-order chi connectivity index (χ0) is 11.2. The monoisotopic (exact) mass is 219 g/mol. The van der Waals surface area contributed by atoms with Crippen molar-refractivity contribution in [3.05, 3.63) is 48.8 Å². The van der Waals surface area contributed by atoms with E-state index in [4.69, 9.17) is 0 Å². The van der Waals surface area contributed by atoms with E-state index >= 15 is 0 Å². The summed E-state index contributed by atoms with van der Waals surface area (Å²) in [5, 5.41) is 4.53. The van der Waals surface area contributed by atoms with Gasteiger partial charge in [-0.3, -0.25) is 0 Å². The van der Waals surface area contributed by atoms with Crippen LogP contribution in [-0.2, 0) is 0 Å². The van der Waals surface area contributed by atoms with Gasteiger partial charge >= 0.3 is 0 Å². The maximum atomic E-state index is 4.43. The summed E-state index contributed by atoms with van der Waals surface area (Å²) in [6.45, 7) is 0. The maximum Gasteiger partial charge on any atom is 0.116 e. The number of anilines is 2. The summed E-state index contributed by atoms with van der Waals surface area (Å²) >= 11 is 0. The third-order valence-electron chi connectivity index (χ3n) is 3.11. The smallest absolute Gasteiger partial charge is 0.116 e. The van der Waals surface area contributed by atoms with E-state index in [9.17, 15) is 0 Å². The largest absolute Gasteiger partial charge is 0.354 e. The van der Waals surface area contributed by atoms with E-state index in [2.05, 4.69) is 33.5 Å². The lowest BCUT2D eigenvalue weighted by Crippen LogP contribution is -2.02. The summed E-state index contributed by atoms with van der Waals surface area (Å²) in [6, 6.07) is 14.3. The molecule has 0 radical (unpaired) electrons. The van der Waals surface area contributed by atoms with Crippen molar-refractivity contribution in [3.63, 3.8) is 0 Å². The zero-order valence-electron chi connectivity index (χ0n) is 9.01. The number of nitrogens with zero attached hydrogens (tertiary/aromatic N) is 2.